The van der Waals surface area contributed by atoms with Gasteiger partial charge in [0.25, 0.3) is 0 Å². The molecule has 5 heteroatoms. The van der Waals surface area contributed by atoms with Crippen LogP contribution in [0.1, 0.15) is 30.7 Å². The standard InChI is InChI=1S/C11H14N2O3/c1-6-9(13-16-12-6)5-11(10(14)15)3-7-2-8(7)4-11/h7-8H,2-5H2,1H3,(H,14,15). The SMILES string of the molecule is Cc1nonc1CC1(C(=O)O)CC2CC2C1. The maximum Gasteiger partial charge on any atom is 0.310 e. The summed E-state index contributed by atoms with van der Waals surface area (Å²) in [5.41, 5.74) is 0.793. The van der Waals surface area contributed by atoms with Crippen LogP contribution in [0.15, 0.2) is 4.63 Å². The number of aromatic nitrogens is 2. The number of rotatable bonds is 3. The molecule has 0 aromatic carbocycles. The van der Waals surface area contributed by atoms with Gasteiger partial charge < -0.3 is 5.11 Å². The van der Waals surface area contributed by atoms with Crippen LogP contribution in [-0.2, 0) is 11.2 Å². The summed E-state index contributed by atoms with van der Waals surface area (Å²) in [6.45, 7) is 1.80. The average molecular weight is 222 g/mol. The Labute approximate surface area is 92.8 Å². The van der Waals surface area contributed by atoms with Crippen LogP contribution >= 0.6 is 0 Å². The fourth-order valence-corrected chi connectivity index (χ4v) is 3.02. The molecule has 16 heavy (non-hydrogen) atoms. The highest BCUT2D eigenvalue weighted by atomic mass is 16.6. The van der Waals surface area contributed by atoms with E-state index in [0.29, 0.717) is 29.6 Å². The van der Waals surface area contributed by atoms with Crippen molar-refractivity contribution < 1.29 is 14.5 Å². The van der Waals surface area contributed by atoms with Crippen molar-refractivity contribution in [1.29, 1.82) is 0 Å². The fraction of sp³-hybridized carbons (Fsp3) is 0.727. The summed E-state index contributed by atoms with van der Waals surface area (Å²) < 4.78 is 4.63. The summed E-state index contributed by atoms with van der Waals surface area (Å²) in [7, 11) is 0. The summed E-state index contributed by atoms with van der Waals surface area (Å²) in [5, 5.41) is 16.9. The number of carbonyl (C=O) groups is 1. The van der Waals surface area contributed by atoms with E-state index < -0.39 is 11.4 Å². The number of carboxylic acids is 1. The number of aryl methyl sites for hydroxylation is 1. The Morgan fingerprint density at radius 3 is 2.69 bits per heavy atom. The number of fused-ring (bicyclic) bond motifs is 1. The van der Waals surface area contributed by atoms with Crippen molar-refractivity contribution in [1.82, 2.24) is 10.3 Å². The smallest absolute Gasteiger partial charge is 0.310 e. The summed E-state index contributed by atoms with van der Waals surface area (Å²) in [5.74, 6) is 0.578. The second-order valence-corrected chi connectivity index (χ2v) is 5.22. The van der Waals surface area contributed by atoms with Gasteiger partial charge in [-0.05, 0) is 38.0 Å². The van der Waals surface area contributed by atoms with E-state index in [0.717, 1.165) is 12.8 Å². The predicted molar refractivity (Wildman–Crippen MR) is 53.6 cm³/mol. The van der Waals surface area contributed by atoms with Gasteiger partial charge in [0, 0.05) is 6.42 Å². The van der Waals surface area contributed by atoms with E-state index in [1.165, 1.54) is 6.42 Å². The van der Waals surface area contributed by atoms with Gasteiger partial charge in [0.15, 0.2) is 0 Å². The van der Waals surface area contributed by atoms with Gasteiger partial charge in [0.2, 0.25) is 0 Å². The largest absolute Gasteiger partial charge is 0.481 e. The van der Waals surface area contributed by atoms with Gasteiger partial charge in [-0.2, -0.15) is 0 Å². The molecule has 2 aliphatic rings. The molecule has 1 N–H and O–H groups in total. The van der Waals surface area contributed by atoms with Crippen LogP contribution < -0.4 is 0 Å². The first-order chi connectivity index (χ1) is 7.61. The lowest BCUT2D eigenvalue weighted by atomic mass is 9.78. The first kappa shape index (κ1) is 9.81. The lowest BCUT2D eigenvalue weighted by Crippen LogP contribution is -2.32. The predicted octanol–water partition coefficient (Wildman–Crippen LogP) is 1.42. The quantitative estimate of drug-likeness (QED) is 0.837. The van der Waals surface area contributed by atoms with Crippen molar-refractivity contribution in [2.75, 3.05) is 0 Å². The van der Waals surface area contributed by atoms with Crippen molar-refractivity contribution in [3.8, 4) is 0 Å². The molecule has 0 spiro atoms. The topological polar surface area (TPSA) is 76.2 Å². The molecule has 1 heterocycles. The van der Waals surface area contributed by atoms with Gasteiger partial charge >= 0.3 is 5.97 Å². The van der Waals surface area contributed by atoms with Gasteiger partial charge in [-0.15, -0.1) is 0 Å². The van der Waals surface area contributed by atoms with E-state index in [-0.39, 0.29) is 0 Å². The molecule has 3 rings (SSSR count). The third kappa shape index (κ3) is 1.34. The Hall–Kier alpha value is -1.39. The van der Waals surface area contributed by atoms with E-state index in [1.807, 2.05) is 0 Å². The minimum Gasteiger partial charge on any atom is -0.481 e. The van der Waals surface area contributed by atoms with E-state index in [1.54, 1.807) is 6.92 Å². The molecular weight excluding hydrogens is 208 g/mol. The molecule has 2 aliphatic carbocycles. The average Bonchev–Trinajstić information content (AvgIpc) is 2.66. The van der Waals surface area contributed by atoms with Gasteiger partial charge in [-0.3, -0.25) is 4.79 Å². The van der Waals surface area contributed by atoms with Crippen molar-refractivity contribution in [2.45, 2.75) is 32.6 Å². The van der Waals surface area contributed by atoms with Crippen LogP contribution in [0.2, 0.25) is 0 Å². The van der Waals surface area contributed by atoms with E-state index in [9.17, 15) is 9.90 Å². The highest BCUT2D eigenvalue weighted by molar-refractivity contribution is 5.76. The molecule has 5 nitrogen and oxygen atoms in total. The van der Waals surface area contributed by atoms with Gasteiger partial charge in [0.05, 0.1) is 5.41 Å². The van der Waals surface area contributed by atoms with Crippen molar-refractivity contribution in [3.63, 3.8) is 0 Å². The number of aliphatic carboxylic acids is 1. The molecule has 1 aromatic rings. The normalized spacial score (nSPS) is 36.1. The Bertz CT molecular complexity index is 430. The van der Waals surface area contributed by atoms with E-state index >= 15 is 0 Å². The molecule has 2 fully saturated rings. The molecule has 2 saturated carbocycles. The number of hydrogen-bond donors (Lipinski definition) is 1. The third-order valence-corrected chi connectivity index (χ3v) is 4.08. The summed E-state index contributed by atoms with van der Waals surface area (Å²) >= 11 is 0. The second-order valence-electron chi connectivity index (χ2n) is 5.22. The van der Waals surface area contributed by atoms with Crippen molar-refractivity contribution in [2.24, 2.45) is 17.3 Å². The fourth-order valence-electron chi connectivity index (χ4n) is 3.02. The number of carboxylic acid groups (broad SMARTS) is 1. The number of nitrogens with zero attached hydrogens (tertiary/aromatic N) is 2. The molecule has 86 valence electrons. The minimum atomic E-state index is -0.692. The van der Waals surface area contributed by atoms with E-state index in [4.69, 9.17) is 0 Å². The first-order valence-electron chi connectivity index (χ1n) is 5.62. The van der Waals surface area contributed by atoms with Crippen LogP contribution in [0, 0.1) is 24.2 Å². The molecule has 0 aliphatic heterocycles. The van der Waals surface area contributed by atoms with Gasteiger partial charge in [0.1, 0.15) is 11.4 Å². The van der Waals surface area contributed by atoms with Crippen LogP contribution in [0.5, 0.6) is 0 Å². The summed E-state index contributed by atoms with van der Waals surface area (Å²) in [6.07, 6.45) is 3.26. The maximum absolute atomic E-state index is 11.4. The maximum atomic E-state index is 11.4. The zero-order chi connectivity index (χ0) is 11.3. The van der Waals surface area contributed by atoms with Crippen LogP contribution in [-0.4, -0.2) is 21.4 Å². The Kier molecular flexibility index (Phi) is 1.87. The zero-order valence-electron chi connectivity index (χ0n) is 9.14. The molecular formula is C11H14N2O3. The molecule has 1 aromatic heterocycles. The first-order valence-corrected chi connectivity index (χ1v) is 5.62. The number of hydrogen-bond acceptors (Lipinski definition) is 4. The van der Waals surface area contributed by atoms with Crippen molar-refractivity contribution >= 4 is 5.97 Å². The van der Waals surface area contributed by atoms with Crippen molar-refractivity contribution in [3.05, 3.63) is 11.4 Å². The molecule has 2 atom stereocenters. The highest BCUT2D eigenvalue weighted by Gasteiger charge is 2.57. The molecule has 0 radical (unpaired) electrons. The molecule has 0 amide bonds. The van der Waals surface area contributed by atoms with Crippen LogP contribution in [0.4, 0.5) is 0 Å². The van der Waals surface area contributed by atoms with Crippen LogP contribution in [0.3, 0.4) is 0 Å². The Balaban J connectivity index is 1.85. The molecule has 0 bridgehead atoms. The lowest BCUT2D eigenvalue weighted by molar-refractivity contribution is -0.149. The zero-order valence-corrected chi connectivity index (χ0v) is 9.14. The van der Waals surface area contributed by atoms with Gasteiger partial charge in [-0.25, -0.2) is 4.63 Å². The van der Waals surface area contributed by atoms with E-state index in [2.05, 4.69) is 14.9 Å². The summed E-state index contributed by atoms with van der Waals surface area (Å²) in [4.78, 5) is 11.4. The third-order valence-electron chi connectivity index (χ3n) is 4.08. The molecule has 0 saturated heterocycles. The second kappa shape index (κ2) is 3.06. The Morgan fingerprint density at radius 2 is 2.19 bits per heavy atom. The van der Waals surface area contributed by atoms with Gasteiger partial charge in [-0.1, -0.05) is 10.3 Å². The summed E-state index contributed by atoms with van der Waals surface area (Å²) in [6, 6.07) is 0. The molecule has 2 unspecified atom stereocenters. The minimum absolute atomic E-state index is 0.463. The lowest BCUT2D eigenvalue weighted by Gasteiger charge is -2.24. The monoisotopic (exact) mass is 222 g/mol. The highest BCUT2D eigenvalue weighted by Crippen LogP contribution is 2.60. The van der Waals surface area contributed by atoms with Crippen LogP contribution in [0.25, 0.3) is 0 Å². The Morgan fingerprint density at radius 1 is 1.50 bits per heavy atom.